The fourth-order valence-corrected chi connectivity index (χ4v) is 4.39. The monoisotopic (exact) mass is 448 g/mol. The number of nitrogens with zero attached hydrogens (tertiary/aromatic N) is 5. The van der Waals surface area contributed by atoms with Crippen molar-refractivity contribution in [3.63, 3.8) is 0 Å². The van der Waals surface area contributed by atoms with Crippen LogP contribution in [0.25, 0.3) is 28.0 Å². The van der Waals surface area contributed by atoms with E-state index in [1.807, 2.05) is 29.4 Å². The maximum absolute atomic E-state index is 14.1. The van der Waals surface area contributed by atoms with Crippen LogP contribution in [0.15, 0.2) is 59.9 Å². The van der Waals surface area contributed by atoms with E-state index >= 15 is 0 Å². The van der Waals surface area contributed by atoms with Crippen molar-refractivity contribution in [1.82, 2.24) is 30.0 Å². The number of amides is 1. The number of nitrogens with one attached hydrogen (secondary N) is 1. The van der Waals surface area contributed by atoms with Crippen LogP contribution in [0.2, 0.25) is 0 Å². The van der Waals surface area contributed by atoms with Gasteiger partial charge in [-0.25, -0.2) is 14.4 Å². The highest BCUT2D eigenvalue weighted by Crippen LogP contribution is 2.29. The maximum atomic E-state index is 14.1. The lowest BCUT2D eigenvalue weighted by Crippen LogP contribution is -2.46. The second-order valence-corrected chi connectivity index (χ2v) is 8.24. The van der Waals surface area contributed by atoms with Crippen LogP contribution in [0.4, 0.5) is 4.39 Å². The Hall–Kier alpha value is -3.30. The first-order valence-corrected chi connectivity index (χ1v) is 11.5. The van der Waals surface area contributed by atoms with Gasteiger partial charge >= 0.3 is 0 Å². The summed E-state index contributed by atoms with van der Waals surface area (Å²) < 4.78 is 15.8. The maximum Gasteiger partial charge on any atom is 0.254 e. The first-order chi connectivity index (χ1) is 15.7. The van der Waals surface area contributed by atoms with Crippen LogP contribution in [0.5, 0.6) is 0 Å². The quantitative estimate of drug-likeness (QED) is 0.483. The van der Waals surface area contributed by atoms with Gasteiger partial charge in [0, 0.05) is 60.6 Å². The third-order valence-corrected chi connectivity index (χ3v) is 6.19. The van der Waals surface area contributed by atoms with E-state index in [0.717, 1.165) is 29.0 Å². The van der Waals surface area contributed by atoms with Crippen molar-refractivity contribution in [3.8, 4) is 17.1 Å². The van der Waals surface area contributed by atoms with Crippen molar-refractivity contribution in [3.05, 3.63) is 66.2 Å². The zero-order valence-corrected chi connectivity index (χ0v) is 18.3. The summed E-state index contributed by atoms with van der Waals surface area (Å²) in [5.41, 5.74) is 2.39. The molecule has 0 radical (unpaired) electrons. The Morgan fingerprint density at radius 1 is 1.09 bits per heavy atom. The molecule has 0 atom stereocenters. The molecule has 32 heavy (non-hydrogen) atoms. The third kappa shape index (κ3) is 3.74. The summed E-state index contributed by atoms with van der Waals surface area (Å²) in [4.78, 5) is 23.7. The highest BCUT2D eigenvalue weighted by atomic mass is 32.2. The van der Waals surface area contributed by atoms with E-state index in [4.69, 9.17) is 0 Å². The van der Waals surface area contributed by atoms with Gasteiger partial charge in [0.25, 0.3) is 11.9 Å². The topological polar surface area (TPSA) is 75.9 Å². The molecule has 1 aliphatic rings. The molecule has 0 saturated carbocycles. The number of aromatic nitrogens is 4. The molecule has 1 saturated heterocycles. The van der Waals surface area contributed by atoms with E-state index in [2.05, 4.69) is 20.4 Å². The molecular formula is C23H21FN6OS. The number of carbonyl (C=O) groups is 1. The Bertz CT molecular complexity index is 1280. The van der Waals surface area contributed by atoms with Gasteiger partial charge in [-0.15, -0.1) is 11.8 Å². The first kappa shape index (κ1) is 20.6. The van der Waals surface area contributed by atoms with E-state index in [0.29, 0.717) is 35.7 Å². The molecule has 2 aromatic heterocycles. The standard InChI is InChI=1S/C23H21FN6OS/c1-32-21-18-7-6-15(22(31)29-10-8-25-9-11-29)12-20(18)30(28-21)23-26-13-16(14-27-23)17-4-2-3-5-19(17)24/h2-7,12-14,25H,8-11H2,1H3. The number of halogens is 1. The van der Waals surface area contributed by atoms with Gasteiger partial charge in [-0.3, -0.25) is 4.79 Å². The van der Waals surface area contributed by atoms with Crippen LogP contribution < -0.4 is 5.32 Å². The summed E-state index contributed by atoms with van der Waals surface area (Å²) in [6, 6.07) is 12.1. The second kappa shape index (κ2) is 8.68. The molecule has 0 aliphatic carbocycles. The Morgan fingerprint density at radius 2 is 1.84 bits per heavy atom. The van der Waals surface area contributed by atoms with E-state index in [1.54, 1.807) is 35.3 Å². The van der Waals surface area contributed by atoms with Crippen molar-refractivity contribution in [1.29, 1.82) is 0 Å². The van der Waals surface area contributed by atoms with Gasteiger partial charge < -0.3 is 10.2 Å². The van der Waals surface area contributed by atoms with Crippen molar-refractivity contribution in [2.45, 2.75) is 5.03 Å². The molecular weight excluding hydrogens is 427 g/mol. The second-order valence-electron chi connectivity index (χ2n) is 7.45. The summed E-state index contributed by atoms with van der Waals surface area (Å²) in [7, 11) is 0. The van der Waals surface area contributed by atoms with E-state index in [9.17, 15) is 9.18 Å². The summed E-state index contributed by atoms with van der Waals surface area (Å²) in [5, 5.41) is 9.67. The van der Waals surface area contributed by atoms with Crippen molar-refractivity contribution < 1.29 is 9.18 Å². The molecule has 2 aromatic carbocycles. The number of benzene rings is 2. The lowest BCUT2D eigenvalue weighted by molar-refractivity contribution is 0.0736. The van der Waals surface area contributed by atoms with Gasteiger partial charge in [-0.1, -0.05) is 18.2 Å². The van der Waals surface area contributed by atoms with Crippen LogP contribution in [0, 0.1) is 5.82 Å². The van der Waals surface area contributed by atoms with Crippen LogP contribution in [-0.2, 0) is 0 Å². The van der Waals surface area contributed by atoms with Gasteiger partial charge in [-0.05, 0) is 30.5 Å². The predicted octanol–water partition coefficient (Wildman–Crippen LogP) is 3.39. The summed E-state index contributed by atoms with van der Waals surface area (Å²) in [6.07, 6.45) is 5.12. The lowest BCUT2D eigenvalue weighted by atomic mass is 10.1. The average Bonchev–Trinajstić information content (AvgIpc) is 3.22. The minimum atomic E-state index is -0.325. The molecule has 5 rings (SSSR count). The SMILES string of the molecule is CSc1nn(-c2ncc(-c3ccccc3F)cn2)c2cc(C(=O)N3CCNCC3)ccc12. The number of piperazine rings is 1. The Kier molecular flexibility index (Phi) is 5.59. The smallest absolute Gasteiger partial charge is 0.254 e. The van der Waals surface area contributed by atoms with Crippen molar-refractivity contribution >= 4 is 28.6 Å². The van der Waals surface area contributed by atoms with Crippen molar-refractivity contribution in [2.75, 3.05) is 32.4 Å². The molecule has 4 aromatic rings. The van der Waals surface area contributed by atoms with Gasteiger partial charge in [0.15, 0.2) is 0 Å². The third-order valence-electron chi connectivity index (χ3n) is 5.50. The van der Waals surface area contributed by atoms with E-state index < -0.39 is 0 Å². The highest BCUT2D eigenvalue weighted by molar-refractivity contribution is 7.98. The number of rotatable bonds is 4. The lowest BCUT2D eigenvalue weighted by Gasteiger charge is -2.27. The Morgan fingerprint density at radius 3 is 2.56 bits per heavy atom. The minimum absolute atomic E-state index is 0.00247. The number of hydrogen-bond acceptors (Lipinski definition) is 6. The average molecular weight is 449 g/mol. The van der Waals surface area contributed by atoms with Gasteiger partial charge in [0.2, 0.25) is 0 Å². The molecule has 0 bridgehead atoms. The summed E-state index contributed by atoms with van der Waals surface area (Å²) >= 11 is 1.52. The van der Waals surface area contributed by atoms with Gasteiger partial charge in [0.05, 0.1) is 5.52 Å². The number of hydrogen-bond donors (Lipinski definition) is 1. The minimum Gasteiger partial charge on any atom is -0.336 e. The molecule has 7 nitrogen and oxygen atoms in total. The van der Waals surface area contributed by atoms with E-state index in [1.165, 1.54) is 17.8 Å². The van der Waals surface area contributed by atoms with Crippen LogP contribution in [0.3, 0.4) is 0 Å². The number of fused-ring (bicyclic) bond motifs is 1. The zero-order valence-electron chi connectivity index (χ0n) is 17.5. The first-order valence-electron chi connectivity index (χ1n) is 10.3. The molecule has 1 aliphatic heterocycles. The van der Waals surface area contributed by atoms with Crippen LogP contribution in [-0.4, -0.2) is 63.0 Å². The van der Waals surface area contributed by atoms with Gasteiger partial charge in [0.1, 0.15) is 10.8 Å². The fourth-order valence-electron chi connectivity index (χ4n) is 3.84. The molecule has 3 heterocycles. The van der Waals surface area contributed by atoms with E-state index in [-0.39, 0.29) is 11.7 Å². The van der Waals surface area contributed by atoms with Crippen LogP contribution in [0.1, 0.15) is 10.4 Å². The molecule has 1 fully saturated rings. The molecule has 162 valence electrons. The van der Waals surface area contributed by atoms with Crippen LogP contribution >= 0.6 is 11.8 Å². The predicted molar refractivity (Wildman–Crippen MR) is 123 cm³/mol. The Labute approximate surface area is 188 Å². The fraction of sp³-hybridized carbons (Fsp3) is 0.217. The van der Waals surface area contributed by atoms with Crippen molar-refractivity contribution in [2.24, 2.45) is 0 Å². The normalized spacial score (nSPS) is 14.1. The zero-order chi connectivity index (χ0) is 22.1. The van der Waals surface area contributed by atoms with Gasteiger partial charge in [-0.2, -0.15) is 9.78 Å². The molecule has 1 amide bonds. The summed E-state index contributed by atoms with van der Waals surface area (Å²) in [6.45, 7) is 2.97. The molecule has 0 spiro atoms. The number of thioether (sulfide) groups is 1. The highest BCUT2D eigenvalue weighted by Gasteiger charge is 2.21. The molecule has 0 unspecified atom stereocenters. The summed E-state index contributed by atoms with van der Waals surface area (Å²) in [5.74, 6) is 0.0407. The molecule has 1 N–H and O–H groups in total. The Balaban J connectivity index is 1.54. The number of carbonyl (C=O) groups excluding carboxylic acids is 1. The molecule has 9 heteroatoms. The largest absolute Gasteiger partial charge is 0.336 e.